The van der Waals surface area contributed by atoms with Crippen molar-refractivity contribution in [1.29, 1.82) is 0 Å². The average Bonchev–Trinajstić information content (AvgIpc) is 3.13. The lowest BCUT2D eigenvalue weighted by Gasteiger charge is -2.25. The Morgan fingerprint density at radius 3 is 2.71 bits per heavy atom. The Kier molecular flexibility index (Phi) is 3.46. The second kappa shape index (κ2) is 5.16. The third-order valence-corrected chi connectivity index (χ3v) is 6.68. The molecule has 7 heteroatoms. The van der Waals surface area contributed by atoms with E-state index >= 15 is 0 Å². The maximum absolute atomic E-state index is 12.8. The molecular formula is C14H14N2O3S2. The Balaban J connectivity index is 2.14. The van der Waals surface area contributed by atoms with E-state index in [1.165, 1.54) is 11.4 Å². The van der Waals surface area contributed by atoms with Crippen LogP contribution in [-0.4, -0.2) is 27.4 Å². The fourth-order valence-electron chi connectivity index (χ4n) is 2.53. The molecule has 2 aromatic rings. The van der Waals surface area contributed by atoms with Crippen LogP contribution in [0.1, 0.15) is 5.56 Å². The van der Waals surface area contributed by atoms with Gasteiger partial charge in [0.25, 0.3) is 10.0 Å². The maximum Gasteiger partial charge on any atom is 0.274 e. The van der Waals surface area contributed by atoms with Gasteiger partial charge in [0.2, 0.25) is 5.91 Å². The Labute approximate surface area is 127 Å². The van der Waals surface area contributed by atoms with E-state index in [0.29, 0.717) is 12.1 Å². The molecule has 0 saturated carbocycles. The number of amides is 1. The molecule has 1 atom stereocenters. The van der Waals surface area contributed by atoms with Gasteiger partial charge in [-0.15, -0.1) is 11.3 Å². The molecule has 1 N–H and O–H groups in total. The van der Waals surface area contributed by atoms with Crippen LogP contribution in [0.4, 0.5) is 5.69 Å². The number of para-hydroxylation sites is 1. The third-order valence-electron chi connectivity index (χ3n) is 3.48. The molecule has 1 amide bonds. The van der Waals surface area contributed by atoms with Crippen molar-refractivity contribution in [1.82, 2.24) is 5.32 Å². The summed E-state index contributed by atoms with van der Waals surface area (Å²) in [4.78, 5) is 12.1. The molecule has 1 aliphatic rings. The lowest BCUT2D eigenvalue weighted by molar-refractivity contribution is -0.121. The number of benzene rings is 1. The number of anilines is 1. The van der Waals surface area contributed by atoms with Crippen molar-refractivity contribution in [2.24, 2.45) is 0 Å². The van der Waals surface area contributed by atoms with Crippen LogP contribution in [0.25, 0.3) is 0 Å². The average molecular weight is 322 g/mol. The van der Waals surface area contributed by atoms with Crippen molar-refractivity contribution in [3.8, 4) is 0 Å². The number of thiophene rings is 1. The smallest absolute Gasteiger partial charge is 0.274 e. The van der Waals surface area contributed by atoms with Crippen LogP contribution in [-0.2, 0) is 21.2 Å². The lowest BCUT2D eigenvalue weighted by atomic mass is 10.1. The highest BCUT2D eigenvalue weighted by Crippen LogP contribution is 2.37. The van der Waals surface area contributed by atoms with Crippen molar-refractivity contribution in [3.05, 3.63) is 47.3 Å². The summed E-state index contributed by atoms with van der Waals surface area (Å²) in [5, 5.41) is 4.26. The van der Waals surface area contributed by atoms with Crippen LogP contribution in [0.15, 0.2) is 46.0 Å². The molecule has 21 heavy (non-hydrogen) atoms. The van der Waals surface area contributed by atoms with E-state index in [2.05, 4.69) is 5.32 Å². The zero-order chi connectivity index (χ0) is 15.0. The monoisotopic (exact) mass is 322 g/mol. The lowest BCUT2D eigenvalue weighted by Crippen LogP contribution is -2.46. The van der Waals surface area contributed by atoms with Gasteiger partial charge in [0.1, 0.15) is 10.3 Å². The molecule has 1 aromatic carbocycles. The minimum absolute atomic E-state index is 0.244. The summed E-state index contributed by atoms with van der Waals surface area (Å²) in [5.74, 6) is -0.300. The number of nitrogens with one attached hydrogen (secondary N) is 1. The van der Waals surface area contributed by atoms with E-state index in [-0.39, 0.29) is 10.1 Å². The molecule has 0 spiro atoms. The minimum atomic E-state index is -3.72. The highest BCUT2D eigenvalue weighted by Gasteiger charge is 2.42. The number of hydrogen-bond acceptors (Lipinski definition) is 4. The first-order valence-corrected chi connectivity index (χ1v) is 8.75. The van der Waals surface area contributed by atoms with Crippen molar-refractivity contribution in [2.45, 2.75) is 16.7 Å². The van der Waals surface area contributed by atoms with Crippen LogP contribution in [0, 0.1) is 0 Å². The second-order valence-corrected chi connectivity index (χ2v) is 7.69. The van der Waals surface area contributed by atoms with Gasteiger partial charge in [0.15, 0.2) is 0 Å². The second-order valence-electron chi connectivity index (χ2n) is 4.70. The molecule has 1 aliphatic heterocycles. The first-order chi connectivity index (χ1) is 10.1. The topological polar surface area (TPSA) is 66.5 Å². The largest absolute Gasteiger partial charge is 0.357 e. The van der Waals surface area contributed by atoms with Gasteiger partial charge < -0.3 is 5.32 Å². The highest BCUT2D eigenvalue weighted by molar-refractivity contribution is 7.94. The van der Waals surface area contributed by atoms with E-state index in [4.69, 9.17) is 0 Å². The fraction of sp³-hybridized carbons (Fsp3) is 0.214. The van der Waals surface area contributed by atoms with E-state index in [0.717, 1.165) is 16.9 Å². The van der Waals surface area contributed by atoms with E-state index < -0.39 is 16.1 Å². The van der Waals surface area contributed by atoms with Crippen molar-refractivity contribution in [2.75, 3.05) is 11.4 Å². The summed E-state index contributed by atoms with van der Waals surface area (Å²) >= 11 is 1.15. The molecule has 0 bridgehead atoms. The summed E-state index contributed by atoms with van der Waals surface area (Å²) in [5.41, 5.74) is 1.45. The summed E-state index contributed by atoms with van der Waals surface area (Å²) in [6, 6.07) is 9.73. The van der Waals surface area contributed by atoms with Gasteiger partial charge in [-0.2, -0.15) is 0 Å². The summed E-state index contributed by atoms with van der Waals surface area (Å²) < 4.78 is 27.2. The molecule has 3 rings (SSSR count). The molecular weight excluding hydrogens is 308 g/mol. The molecule has 0 radical (unpaired) electrons. The number of hydrogen-bond donors (Lipinski definition) is 1. The first-order valence-electron chi connectivity index (χ1n) is 6.43. The molecule has 0 saturated heterocycles. The minimum Gasteiger partial charge on any atom is -0.357 e. The SMILES string of the molecule is CNC(=O)[C@H]1Cc2ccccc2N1S(=O)(=O)c1cccs1. The van der Waals surface area contributed by atoms with Crippen LogP contribution in [0.3, 0.4) is 0 Å². The van der Waals surface area contributed by atoms with Gasteiger partial charge in [0.05, 0.1) is 5.69 Å². The predicted molar refractivity (Wildman–Crippen MR) is 82.0 cm³/mol. The molecule has 0 unspecified atom stereocenters. The molecule has 0 fully saturated rings. The Bertz CT molecular complexity index is 769. The first kappa shape index (κ1) is 14.1. The van der Waals surface area contributed by atoms with Gasteiger partial charge in [-0.25, -0.2) is 8.42 Å². The zero-order valence-electron chi connectivity index (χ0n) is 11.3. The molecule has 2 heterocycles. The van der Waals surface area contributed by atoms with E-state index in [1.54, 1.807) is 29.6 Å². The van der Waals surface area contributed by atoms with Gasteiger partial charge in [-0.1, -0.05) is 24.3 Å². The van der Waals surface area contributed by atoms with Crippen molar-refractivity contribution in [3.63, 3.8) is 0 Å². The van der Waals surface area contributed by atoms with Crippen LogP contribution < -0.4 is 9.62 Å². The summed E-state index contributed by atoms with van der Waals surface area (Å²) in [6.45, 7) is 0. The van der Waals surface area contributed by atoms with E-state index in [9.17, 15) is 13.2 Å². The number of sulfonamides is 1. The van der Waals surface area contributed by atoms with Crippen LogP contribution in [0.2, 0.25) is 0 Å². The van der Waals surface area contributed by atoms with Crippen LogP contribution in [0.5, 0.6) is 0 Å². The normalized spacial score (nSPS) is 17.6. The molecule has 0 aliphatic carbocycles. The van der Waals surface area contributed by atoms with Gasteiger partial charge in [-0.3, -0.25) is 9.10 Å². The van der Waals surface area contributed by atoms with Gasteiger partial charge in [-0.05, 0) is 23.1 Å². The number of rotatable bonds is 3. The Morgan fingerprint density at radius 1 is 1.29 bits per heavy atom. The number of carbonyl (C=O) groups excluding carboxylic acids is 1. The van der Waals surface area contributed by atoms with Crippen molar-refractivity contribution >= 4 is 33.0 Å². The number of likely N-dealkylation sites (N-methyl/N-ethyl adjacent to an activating group) is 1. The predicted octanol–water partition coefficient (Wildman–Crippen LogP) is 1.61. The zero-order valence-corrected chi connectivity index (χ0v) is 12.9. The van der Waals surface area contributed by atoms with Gasteiger partial charge >= 0.3 is 0 Å². The quantitative estimate of drug-likeness (QED) is 0.934. The number of fused-ring (bicyclic) bond motifs is 1. The Hall–Kier alpha value is -1.86. The number of nitrogens with zero attached hydrogens (tertiary/aromatic N) is 1. The maximum atomic E-state index is 12.8. The standard InChI is InChI=1S/C14H14N2O3S2/c1-15-14(17)12-9-10-5-2-3-6-11(10)16(12)21(18,19)13-7-4-8-20-13/h2-8,12H,9H2,1H3,(H,15,17)/t12-/m1/s1. The summed E-state index contributed by atoms with van der Waals surface area (Å²) in [6.07, 6.45) is 0.389. The summed E-state index contributed by atoms with van der Waals surface area (Å²) in [7, 11) is -2.21. The number of carbonyl (C=O) groups is 1. The van der Waals surface area contributed by atoms with Gasteiger partial charge in [0, 0.05) is 13.5 Å². The molecule has 1 aromatic heterocycles. The third kappa shape index (κ3) is 2.22. The fourth-order valence-corrected chi connectivity index (χ4v) is 5.26. The molecule has 110 valence electrons. The van der Waals surface area contributed by atoms with Crippen LogP contribution >= 0.6 is 11.3 Å². The highest BCUT2D eigenvalue weighted by atomic mass is 32.2. The van der Waals surface area contributed by atoms with Crippen molar-refractivity contribution < 1.29 is 13.2 Å². The Morgan fingerprint density at radius 2 is 2.05 bits per heavy atom. The molecule has 5 nitrogen and oxygen atoms in total. The van der Waals surface area contributed by atoms with E-state index in [1.807, 2.05) is 12.1 Å².